The molecule has 6 heteroatoms. The van der Waals surface area contributed by atoms with Crippen LogP contribution in [0.15, 0.2) is 0 Å². The number of thiol groups is 1. The maximum Gasteiger partial charge on any atom is 0.501 e. The van der Waals surface area contributed by atoms with Crippen molar-refractivity contribution in [3.05, 3.63) is 0 Å². The van der Waals surface area contributed by atoms with Gasteiger partial charge >= 0.3 is 8.80 Å². The molecule has 0 aliphatic rings. The number of alkyl halides is 1. The quantitative estimate of drug-likeness (QED) is 0.315. The van der Waals surface area contributed by atoms with Gasteiger partial charge in [0.2, 0.25) is 0 Å². The van der Waals surface area contributed by atoms with E-state index in [0.717, 1.165) is 16.9 Å². The average molecular weight is 350 g/mol. The van der Waals surface area contributed by atoms with E-state index in [9.17, 15) is 0 Å². The van der Waals surface area contributed by atoms with E-state index in [1.807, 2.05) is 0 Å². The van der Waals surface area contributed by atoms with Gasteiger partial charge in [0, 0.05) is 32.6 Å². The molecule has 1 atom stereocenters. The molecular formula is C8H19IO3SSi. The Labute approximate surface area is 107 Å². The highest BCUT2D eigenvalue weighted by molar-refractivity contribution is 14.1. The smallest absolute Gasteiger partial charge is 0.377 e. The lowest BCUT2D eigenvalue weighted by atomic mass is 10.3. The first-order valence-electron chi connectivity index (χ1n) is 4.53. The van der Waals surface area contributed by atoms with Gasteiger partial charge in [0.15, 0.2) is 0 Å². The lowest BCUT2D eigenvalue weighted by Crippen LogP contribution is -2.44. The second-order valence-corrected chi connectivity index (χ2v) is 7.79. The molecule has 0 bridgehead atoms. The van der Waals surface area contributed by atoms with Gasteiger partial charge in [-0.25, -0.2) is 0 Å². The summed E-state index contributed by atoms with van der Waals surface area (Å²) in [5, 5.41) is 0.302. The molecule has 0 aromatic heterocycles. The maximum atomic E-state index is 5.33. The van der Waals surface area contributed by atoms with Gasteiger partial charge in [-0.1, -0.05) is 22.6 Å². The van der Waals surface area contributed by atoms with Crippen LogP contribution < -0.4 is 0 Å². The number of rotatable bonds is 8. The first-order valence-corrected chi connectivity index (χ1v) is 8.51. The normalized spacial score (nSPS) is 14.4. The number of hydrogen-bond donors (Lipinski definition) is 1. The molecule has 0 spiro atoms. The summed E-state index contributed by atoms with van der Waals surface area (Å²) in [5.74, 6) is 0. The van der Waals surface area contributed by atoms with E-state index in [4.69, 9.17) is 13.3 Å². The van der Waals surface area contributed by atoms with E-state index >= 15 is 0 Å². The van der Waals surface area contributed by atoms with Crippen LogP contribution in [0, 0.1) is 0 Å². The van der Waals surface area contributed by atoms with Gasteiger partial charge in [-0.15, -0.1) is 0 Å². The van der Waals surface area contributed by atoms with Crippen molar-refractivity contribution in [2.24, 2.45) is 0 Å². The Morgan fingerprint density at radius 3 is 2.07 bits per heavy atom. The van der Waals surface area contributed by atoms with E-state index in [1.54, 1.807) is 21.3 Å². The Bertz CT molecular complexity index is 138. The molecule has 0 N–H and O–H groups in total. The third kappa shape index (κ3) is 5.31. The monoisotopic (exact) mass is 350 g/mol. The molecule has 3 nitrogen and oxygen atoms in total. The van der Waals surface area contributed by atoms with Gasteiger partial charge in [0.1, 0.15) is 0 Å². The topological polar surface area (TPSA) is 27.7 Å². The van der Waals surface area contributed by atoms with Crippen molar-refractivity contribution < 1.29 is 13.3 Å². The van der Waals surface area contributed by atoms with Crippen LogP contribution in [0.25, 0.3) is 0 Å². The minimum atomic E-state index is -2.41. The maximum absolute atomic E-state index is 5.33. The highest BCUT2D eigenvalue weighted by atomic mass is 127. The first kappa shape index (κ1) is 15.2. The molecule has 14 heavy (non-hydrogen) atoms. The van der Waals surface area contributed by atoms with Crippen LogP contribution in [-0.4, -0.2) is 39.8 Å². The fourth-order valence-corrected chi connectivity index (χ4v) is 4.28. The van der Waals surface area contributed by atoms with Crippen molar-refractivity contribution in [3.63, 3.8) is 0 Å². The van der Waals surface area contributed by atoms with Crippen LogP contribution in [-0.2, 0) is 13.3 Å². The van der Waals surface area contributed by atoms with Crippen molar-refractivity contribution in [3.8, 4) is 0 Å². The molecule has 1 unspecified atom stereocenters. The predicted molar refractivity (Wildman–Crippen MR) is 72.5 cm³/mol. The molecule has 0 radical (unpaired) electrons. The Hall–Kier alpha value is 1.18. The average Bonchev–Trinajstić information content (AvgIpc) is 2.23. The number of hydrogen-bond acceptors (Lipinski definition) is 4. The van der Waals surface area contributed by atoms with Crippen LogP contribution in [0.3, 0.4) is 0 Å². The van der Waals surface area contributed by atoms with Crippen LogP contribution in [0.2, 0.25) is 6.04 Å². The number of halogens is 1. The van der Waals surface area contributed by atoms with Gasteiger partial charge in [-0.3, -0.25) is 0 Å². The lowest BCUT2D eigenvalue weighted by Gasteiger charge is -2.26. The molecule has 0 saturated carbocycles. The first-order chi connectivity index (χ1) is 6.64. The fraction of sp³-hybridized carbons (Fsp3) is 1.00. The molecule has 86 valence electrons. The Morgan fingerprint density at radius 1 is 1.21 bits per heavy atom. The van der Waals surface area contributed by atoms with Gasteiger partial charge in [-0.05, 0) is 17.3 Å². The van der Waals surface area contributed by atoms with Crippen LogP contribution in [0.4, 0.5) is 0 Å². The lowest BCUT2D eigenvalue weighted by molar-refractivity contribution is 0.123. The molecule has 0 aromatic carbocycles. The minimum Gasteiger partial charge on any atom is -0.377 e. The second kappa shape index (κ2) is 8.34. The summed E-state index contributed by atoms with van der Waals surface area (Å²) < 4.78 is 17.2. The molecule has 0 rings (SSSR count). The fourth-order valence-electron chi connectivity index (χ4n) is 1.20. The minimum absolute atomic E-state index is 0.302. The predicted octanol–water partition coefficient (Wildman–Crippen LogP) is 2.38. The van der Waals surface area contributed by atoms with Crippen LogP contribution in [0.1, 0.15) is 12.8 Å². The van der Waals surface area contributed by atoms with E-state index in [1.165, 1.54) is 6.42 Å². The molecule has 0 saturated heterocycles. The third-order valence-corrected chi connectivity index (χ3v) is 6.50. The highest BCUT2D eigenvalue weighted by Crippen LogP contribution is 2.21. The van der Waals surface area contributed by atoms with E-state index in [2.05, 4.69) is 35.2 Å². The Balaban J connectivity index is 4.01. The summed E-state index contributed by atoms with van der Waals surface area (Å²) in [5.41, 5.74) is 0. The van der Waals surface area contributed by atoms with Gasteiger partial charge in [-0.2, -0.15) is 12.6 Å². The van der Waals surface area contributed by atoms with E-state index in [-0.39, 0.29) is 0 Å². The molecule has 0 fully saturated rings. The van der Waals surface area contributed by atoms with E-state index < -0.39 is 8.80 Å². The Morgan fingerprint density at radius 2 is 1.71 bits per heavy atom. The van der Waals surface area contributed by atoms with Gasteiger partial charge in [0.25, 0.3) is 0 Å². The van der Waals surface area contributed by atoms with Crippen molar-refractivity contribution in [1.29, 1.82) is 0 Å². The van der Waals surface area contributed by atoms with Crippen molar-refractivity contribution in [1.82, 2.24) is 0 Å². The summed E-state index contributed by atoms with van der Waals surface area (Å²) >= 11 is 6.88. The molecule has 0 aliphatic carbocycles. The van der Waals surface area contributed by atoms with Crippen LogP contribution in [0.5, 0.6) is 0 Å². The van der Waals surface area contributed by atoms with E-state index in [0.29, 0.717) is 5.25 Å². The van der Waals surface area contributed by atoms with Gasteiger partial charge in [0.05, 0.1) is 0 Å². The van der Waals surface area contributed by atoms with Crippen molar-refractivity contribution in [2.45, 2.75) is 24.1 Å². The van der Waals surface area contributed by atoms with Crippen molar-refractivity contribution >= 4 is 44.0 Å². The van der Waals surface area contributed by atoms with Crippen molar-refractivity contribution in [2.75, 3.05) is 25.8 Å². The molecule has 0 aliphatic heterocycles. The zero-order valence-electron chi connectivity index (χ0n) is 8.96. The van der Waals surface area contributed by atoms with Gasteiger partial charge < -0.3 is 13.3 Å². The Kier molecular flexibility index (Phi) is 9.04. The standard InChI is InChI=1S/C8H19IO3SSi/c1-10-14(11-2,12-3)7-8(13)5-4-6-9/h8,13H,4-7H2,1-3H3. The zero-order valence-corrected chi connectivity index (χ0v) is 13.0. The summed E-state index contributed by atoms with van der Waals surface area (Å²) in [6, 6.07) is 0.774. The zero-order chi connectivity index (χ0) is 11.0. The largest absolute Gasteiger partial charge is 0.501 e. The van der Waals surface area contributed by atoms with Crippen LogP contribution >= 0.6 is 35.2 Å². The summed E-state index contributed by atoms with van der Waals surface area (Å²) in [6.07, 6.45) is 2.26. The summed E-state index contributed by atoms with van der Waals surface area (Å²) in [4.78, 5) is 0. The highest BCUT2D eigenvalue weighted by Gasteiger charge is 2.39. The molecular weight excluding hydrogens is 331 g/mol. The SMILES string of the molecule is CO[Si](CC(S)CCCI)(OC)OC. The molecule has 0 amide bonds. The molecule has 0 heterocycles. The molecule has 0 aromatic rings. The summed E-state index contributed by atoms with van der Waals surface area (Å²) in [7, 11) is 2.50. The summed E-state index contributed by atoms with van der Waals surface area (Å²) in [6.45, 7) is 0. The second-order valence-electron chi connectivity index (χ2n) is 2.98. The third-order valence-electron chi connectivity index (χ3n) is 2.09.